The minimum atomic E-state index is -0.520. The fourth-order valence-corrected chi connectivity index (χ4v) is 4.09. The first kappa shape index (κ1) is 20.7. The number of furan rings is 1. The summed E-state index contributed by atoms with van der Waals surface area (Å²) >= 11 is 0. The molecule has 2 heterocycles. The van der Waals surface area contributed by atoms with Gasteiger partial charge in [0, 0.05) is 42.1 Å². The second-order valence-electron chi connectivity index (χ2n) is 7.76. The maximum absolute atomic E-state index is 12.8. The molecule has 4 rings (SSSR count). The lowest BCUT2D eigenvalue weighted by molar-refractivity contribution is -0.111. The lowest BCUT2D eigenvalue weighted by atomic mass is 10.1. The zero-order valence-electron chi connectivity index (χ0n) is 17.7. The molecule has 0 unspecified atom stereocenters. The molecule has 3 aromatic rings. The number of piperidine rings is 1. The maximum atomic E-state index is 12.8. The van der Waals surface area contributed by atoms with Gasteiger partial charge in [0.05, 0.1) is 11.4 Å². The SMILES string of the molecule is CCc1oc2ccccc2c1/C=C/C(=O)Nc1cc(C(N)=O)ccc1N1CCCCC1. The summed E-state index contributed by atoms with van der Waals surface area (Å²) in [7, 11) is 0. The van der Waals surface area contributed by atoms with Crippen LogP contribution in [0.1, 0.15) is 47.9 Å². The Morgan fingerprint density at radius 3 is 2.65 bits per heavy atom. The summed E-state index contributed by atoms with van der Waals surface area (Å²) in [5.41, 5.74) is 9.06. The smallest absolute Gasteiger partial charge is 0.248 e. The summed E-state index contributed by atoms with van der Waals surface area (Å²) < 4.78 is 5.90. The number of fused-ring (bicyclic) bond motifs is 1. The Labute approximate surface area is 181 Å². The molecule has 3 N–H and O–H groups in total. The van der Waals surface area contributed by atoms with Gasteiger partial charge in [-0.3, -0.25) is 9.59 Å². The quantitative estimate of drug-likeness (QED) is 0.567. The Balaban J connectivity index is 1.61. The molecule has 0 atom stereocenters. The Bertz CT molecular complexity index is 1140. The number of hydrogen-bond acceptors (Lipinski definition) is 4. The minimum Gasteiger partial charge on any atom is -0.460 e. The van der Waals surface area contributed by atoms with Crippen LogP contribution in [0.15, 0.2) is 53.0 Å². The van der Waals surface area contributed by atoms with Crippen LogP contribution in [0, 0.1) is 0 Å². The van der Waals surface area contributed by atoms with Crippen LogP contribution >= 0.6 is 0 Å². The molecule has 1 fully saturated rings. The molecular weight excluding hydrogens is 390 g/mol. The Morgan fingerprint density at radius 2 is 1.90 bits per heavy atom. The Morgan fingerprint density at radius 1 is 1.13 bits per heavy atom. The number of primary amides is 1. The van der Waals surface area contributed by atoms with Gasteiger partial charge in [-0.05, 0) is 49.6 Å². The minimum absolute atomic E-state index is 0.271. The number of carbonyl (C=O) groups is 2. The van der Waals surface area contributed by atoms with Crippen molar-refractivity contribution >= 4 is 40.2 Å². The van der Waals surface area contributed by atoms with Gasteiger partial charge in [0.25, 0.3) is 0 Å². The molecule has 1 aliphatic rings. The molecule has 0 bridgehead atoms. The number of anilines is 2. The number of aryl methyl sites for hydroxylation is 1. The third-order valence-corrected chi connectivity index (χ3v) is 5.67. The molecule has 2 aromatic carbocycles. The second kappa shape index (κ2) is 9.08. The average Bonchev–Trinajstić information content (AvgIpc) is 3.16. The fraction of sp³-hybridized carbons (Fsp3) is 0.280. The van der Waals surface area contributed by atoms with E-state index in [-0.39, 0.29) is 5.91 Å². The van der Waals surface area contributed by atoms with Crippen LogP contribution in [0.4, 0.5) is 11.4 Å². The summed E-state index contributed by atoms with van der Waals surface area (Å²) in [4.78, 5) is 26.7. The van der Waals surface area contributed by atoms with Gasteiger partial charge < -0.3 is 20.4 Å². The maximum Gasteiger partial charge on any atom is 0.248 e. The zero-order chi connectivity index (χ0) is 21.8. The third-order valence-electron chi connectivity index (χ3n) is 5.67. The van der Waals surface area contributed by atoms with Crippen LogP contribution in [0.25, 0.3) is 17.0 Å². The average molecular weight is 418 g/mol. The van der Waals surface area contributed by atoms with Crippen molar-refractivity contribution in [1.82, 2.24) is 0 Å². The number of amides is 2. The standard InChI is InChI=1S/C25H27N3O3/c1-2-22-19(18-8-4-5-9-23(18)31-22)11-13-24(29)27-20-16-17(25(26)30)10-12-21(20)28-14-6-3-7-15-28/h4-5,8-13,16H,2-3,6-7,14-15H2,1H3,(H2,26,30)(H,27,29)/b13-11+. The highest BCUT2D eigenvalue weighted by Gasteiger charge is 2.17. The normalized spacial score (nSPS) is 14.3. The number of nitrogens with two attached hydrogens (primary N) is 1. The molecule has 0 aliphatic carbocycles. The summed E-state index contributed by atoms with van der Waals surface area (Å²) in [5, 5.41) is 3.93. The van der Waals surface area contributed by atoms with Crippen LogP contribution in [-0.2, 0) is 11.2 Å². The van der Waals surface area contributed by atoms with Crippen molar-refractivity contribution in [3.05, 3.63) is 65.4 Å². The number of hydrogen-bond donors (Lipinski definition) is 2. The topological polar surface area (TPSA) is 88.6 Å². The van der Waals surface area contributed by atoms with Crippen molar-refractivity contribution in [1.29, 1.82) is 0 Å². The number of nitrogens with one attached hydrogen (secondary N) is 1. The summed E-state index contributed by atoms with van der Waals surface area (Å²) in [5.74, 6) is 0.0517. The van der Waals surface area contributed by atoms with E-state index in [2.05, 4.69) is 10.2 Å². The molecule has 1 aliphatic heterocycles. The lowest BCUT2D eigenvalue weighted by Gasteiger charge is -2.30. The van der Waals surface area contributed by atoms with E-state index >= 15 is 0 Å². The van der Waals surface area contributed by atoms with Crippen LogP contribution in [0.2, 0.25) is 0 Å². The van der Waals surface area contributed by atoms with Gasteiger partial charge in [0.15, 0.2) is 0 Å². The largest absolute Gasteiger partial charge is 0.460 e. The van der Waals surface area contributed by atoms with Gasteiger partial charge in [-0.25, -0.2) is 0 Å². The van der Waals surface area contributed by atoms with Gasteiger partial charge in [-0.15, -0.1) is 0 Å². The summed E-state index contributed by atoms with van der Waals surface area (Å²) in [6.45, 7) is 3.88. The summed E-state index contributed by atoms with van der Waals surface area (Å²) in [6, 6.07) is 13.0. The molecule has 6 heteroatoms. The number of carbonyl (C=O) groups excluding carboxylic acids is 2. The van der Waals surface area contributed by atoms with E-state index in [0.29, 0.717) is 11.3 Å². The van der Waals surface area contributed by atoms with Gasteiger partial charge in [0.2, 0.25) is 11.8 Å². The van der Waals surface area contributed by atoms with E-state index in [1.807, 2.05) is 37.3 Å². The molecule has 0 radical (unpaired) electrons. The van der Waals surface area contributed by atoms with E-state index in [4.69, 9.17) is 10.2 Å². The van der Waals surface area contributed by atoms with E-state index in [0.717, 1.165) is 60.3 Å². The van der Waals surface area contributed by atoms with E-state index < -0.39 is 5.91 Å². The summed E-state index contributed by atoms with van der Waals surface area (Å²) in [6.07, 6.45) is 7.46. The van der Waals surface area contributed by atoms with Crippen molar-refractivity contribution in [2.45, 2.75) is 32.6 Å². The number of nitrogens with zero attached hydrogens (tertiary/aromatic N) is 1. The zero-order valence-corrected chi connectivity index (χ0v) is 17.7. The fourth-order valence-electron chi connectivity index (χ4n) is 4.09. The van der Waals surface area contributed by atoms with E-state index in [1.165, 1.54) is 12.5 Å². The molecule has 2 amide bonds. The molecule has 0 saturated carbocycles. The number of benzene rings is 2. The Kier molecular flexibility index (Phi) is 6.07. The third kappa shape index (κ3) is 4.48. The molecular formula is C25H27N3O3. The molecule has 6 nitrogen and oxygen atoms in total. The van der Waals surface area contributed by atoms with E-state index in [1.54, 1.807) is 18.2 Å². The first-order valence-corrected chi connectivity index (χ1v) is 10.7. The predicted octanol–water partition coefficient (Wildman–Crippen LogP) is 4.74. The first-order valence-electron chi connectivity index (χ1n) is 10.7. The highest BCUT2D eigenvalue weighted by Crippen LogP contribution is 2.30. The van der Waals surface area contributed by atoms with Crippen LogP contribution in [0.5, 0.6) is 0 Å². The van der Waals surface area contributed by atoms with Gasteiger partial charge in [-0.2, -0.15) is 0 Å². The van der Waals surface area contributed by atoms with Gasteiger partial charge in [0.1, 0.15) is 11.3 Å². The Hall–Kier alpha value is -3.54. The molecule has 160 valence electrons. The van der Waals surface area contributed by atoms with Gasteiger partial charge >= 0.3 is 0 Å². The van der Waals surface area contributed by atoms with Gasteiger partial charge in [-0.1, -0.05) is 25.1 Å². The van der Waals surface area contributed by atoms with Crippen molar-refractivity contribution < 1.29 is 14.0 Å². The van der Waals surface area contributed by atoms with Crippen LogP contribution in [0.3, 0.4) is 0 Å². The molecule has 31 heavy (non-hydrogen) atoms. The van der Waals surface area contributed by atoms with Crippen LogP contribution in [-0.4, -0.2) is 24.9 Å². The van der Waals surface area contributed by atoms with Crippen molar-refractivity contribution in [2.24, 2.45) is 5.73 Å². The highest BCUT2D eigenvalue weighted by atomic mass is 16.3. The monoisotopic (exact) mass is 417 g/mol. The number of rotatable bonds is 6. The van der Waals surface area contributed by atoms with Crippen LogP contribution < -0.4 is 16.0 Å². The second-order valence-corrected chi connectivity index (χ2v) is 7.76. The molecule has 1 saturated heterocycles. The highest BCUT2D eigenvalue weighted by molar-refractivity contribution is 6.06. The van der Waals surface area contributed by atoms with Crippen molar-refractivity contribution in [3.63, 3.8) is 0 Å². The predicted molar refractivity (Wildman–Crippen MR) is 124 cm³/mol. The van der Waals surface area contributed by atoms with E-state index in [9.17, 15) is 9.59 Å². The number of para-hydroxylation sites is 1. The van der Waals surface area contributed by atoms with Crippen molar-refractivity contribution in [2.75, 3.05) is 23.3 Å². The van der Waals surface area contributed by atoms with Crippen molar-refractivity contribution in [3.8, 4) is 0 Å². The molecule has 1 aromatic heterocycles. The first-order chi connectivity index (χ1) is 15.1. The lowest BCUT2D eigenvalue weighted by Crippen LogP contribution is -2.30. The molecule has 0 spiro atoms.